The molecule has 1 aliphatic carbocycles. The maximum atomic E-state index is 11.6. The summed E-state index contributed by atoms with van der Waals surface area (Å²) in [5.41, 5.74) is 0.325. The Kier molecular flexibility index (Phi) is 2.46. The van der Waals surface area contributed by atoms with Gasteiger partial charge in [-0.15, -0.1) is 0 Å². The van der Waals surface area contributed by atoms with Gasteiger partial charge in [0, 0.05) is 10.5 Å². The molecular formula is C10H10BrNO2. The van der Waals surface area contributed by atoms with E-state index in [1.807, 2.05) is 0 Å². The van der Waals surface area contributed by atoms with Crippen molar-refractivity contribution in [2.45, 2.75) is 18.9 Å². The number of halogens is 1. The van der Waals surface area contributed by atoms with E-state index in [9.17, 15) is 9.90 Å². The minimum Gasteiger partial charge on any atom is -0.507 e. The van der Waals surface area contributed by atoms with E-state index in [1.54, 1.807) is 12.1 Å². The molecule has 0 saturated heterocycles. The number of benzene rings is 1. The predicted molar refractivity (Wildman–Crippen MR) is 56.3 cm³/mol. The molecule has 1 fully saturated rings. The van der Waals surface area contributed by atoms with Gasteiger partial charge in [-0.3, -0.25) is 4.79 Å². The van der Waals surface area contributed by atoms with Crippen molar-refractivity contribution in [3.63, 3.8) is 0 Å². The number of aromatic hydroxyl groups is 1. The van der Waals surface area contributed by atoms with Crippen LogP contribution in [0.1, 0.15) is 23.2 Å². The maximum absolute atomic E-state index is 11.6. The predicted octanol–water partition coefficient (Wildman–Crippen LogP) is 2.05. The molecule has 0 heterocycles. The van der Waals surface area contributed by atoms with Crippen molar-refractivity contribution in [1.29, 1.82) is 0 Å². The summed E-state index contributed by atoms with van der Waals surface area (Å²) in [6.07, 6.45) is 2.08. The average molecular weight is 256 g/mol. The molecule has 0 radical (unpaired) electrons. The van der Waals surface area contributed by atoms with Crippen molar-refractivity contribution in [3.8, 4) is 5.75 Å². The van der Waals surface area contributed by atoms with Crippen molar-refractivity contribution in [3.05, 3.63) is 28.2 Å². The van der Waals surface area contributed by atoms with Gasteiger partial charge in [0.2, 0.25) is 0 Å². The first-order chi connectivity index (χ1) is 6.66. The molecule has 0 unspecified atom stereocenters. The normalized spacial score (nSPS) is 15.2. The van der Waals surface area contributed by atoms with E-state index >= 15 is 0 Å². The lowest BCUT2D eigenvalue weighted by molar-refractivity contribution is 0.0948. The standard InChI is InChI=1S/C10H10BrNO2/c11-6-1-4-9(13)8(5-6)10(14)12-7-2-3-7/h1,4-5,7,13H,2-3H2,(H,12,14). The van der Waals surface area contributed by atoms with Crippen LogP contribution in [-0.4, -0.2) is 17.1 Å². The smallest absolute Gasteiger partial charge is 0.255 e. The highest BCUT2D eigenvalue weighted by molar-refractivity contribution is 9.10. The van der Waals surface area contributed by atoms with Crippen LogP contribution < -0.4 is 5.32 Å². The fourth-order valence-corrected chi connectivity index (χ4v) is 1.54. The van der Waals surface area contributed by atoms with Gasteiger partial charge in [0.1, 0.15) is 5.75 Å². The molecule has 2 rings (SSSR count). The van der Waals surface area contributed by atoms with Crippen molar-refractivity contribution < 1.29 is 9.90 Å². The summed E-state index contributed by atoms with van der Waals surface area (Å²) in [7, 11) is 0. The number of phenolic OH excluding ortho intramolecular Hbond substituents is 1. The lowest BCUT2D eigenvalue weighted by atomic mass is 10.2. The summed E-state index contributed by atoms with van der Waals surface area (Å²) >= 11 is 3.26. The van der Waals surface area contributed by atoms with Crippen molar-refractivity contribution in [1.82, 2.24) is 5.32 Å². The molecule has 1 aliphatic rings. The maximum Gasteiger partial charge on any atom is 0.255 e. The lowest BCUT2D eigenvalue weighted by Crippen LogP contribution is -2.25. The fraction of sp³-hybridized carbons (Fsp3) is 0.300. The van der Waals surface area contributed by atoms with Crippen molar-refractivity contribution in [2.24, 2.45) is 0 Å². The second kappa shape index (κ2) is 3.61. The molecule has 14 heavy (non-hydrogen) atoms. The molecule has 0 atom stereocenters. The number of carbonyl (C=O) groups excluding carboxylic acids is 1. The molecule has 3 nitrogen and oxygen atoms in total. The highest BCUT2D eigenvalue weighted by atomic mass is 79.9. The Morgan fingerprint density at radius 3 is 2.86 bits per heavy atom. The highest BCUT2D eigenvalue weighted by Gasteiger charge is 2.24. The average Bonchev–Trinajstić information content (AvgIpc) is 2.93. The number of rotatable bonds is 2. The second-order valence-corrected chi connectivity index (χ2v) is 4.32. The number of amides is 1. The number of hydrogen-bond acceptors (Lipinski definition) is 2. The van der Waals surface area contributed by atoms with E-state index in [0.29, 0.717) is 11.6 Å². The molecule has 74 valence electrons. The SMILES string of the molecule is O=C(NC1CC1)c1cc(Br)ccc1O. The first kappa shape index (κ1) is 9.52. The van der Waals surface area contributed by atoms with E-state index in [-0.39, 0.29) is 11.7 Å². The minimum absolute atomic E-state index is 0.0198. The third kappa shape index (κ3) is 2.07. The molecule has 1 aromatic rings. The Bertz CT molecular complexity index is 374. The van der Waals surface area contributed by atoms with Crippen LogP contribution in [0.25, 0.3) is 0 Å². The summed E-state index contributed by atoms with van der Waals surface area (Å²) < 4.78 is 0.788. The Labute approximate surface area is 90.3 Å². The van der Waals surface area contributed by atoms with Gasteiger partial charge in [-0.1, -0.05) is 15.9 Å². The van der Waals surface area contributed by atoms with Gasteiger partial charge in [0.25, 0.3) is 5.91 Å². The van der Waals surface area contributed by atoms with E-state index in [2.05, 4.69) is 21.2 Å². The second-order valence-electron chi connectivity index (χ2n) is 3.41. The summed E-state index contributed by atoms with van der Waals surface area (Å²) in [5.74, 6) is -0.183. The highest BCUT2D eigenvalue weighted by Crippen LogP contribution is 2.24. The van der Waals surface area contributed by atoms with Gasteiger partial charge < -0.3 is 10.4 Å². The molecule has 0 spiro atoms. The monoisotopic (exact) mass is 255 g/mol. The zero-order chi connectivity index (χ0) is 10.1. The van der Waals surface area contributed by atoms with Crippen LogP contribution in [0, 0.1) is 0 Å². The summed E-state index contributed by atoms with van der Waals surface area (Å²) in [4.78, 5) is 11.6. The Morgan fingerprint density at radius 1 is 1.50 bits per heavy atom. The van der Waals surface area contributed by atoms with Gasteiger partial charge >= 0.3 is 0 Å². The molecule has 1 saturated carbocycles. The molecule has 0 aliphatic heterocycles. The van der Waals surface area contributed by atoms with E-state index in [0.717, 1.165) is 17.3 Å². The lowest BCUT2D eigenvalue weighted by Gasteiger charge is -2.05. The number of nitrogens with one attached hydrogen (secondary N) is 1. The van der Waals surface area contributed by atoms with Crippen LogP contribution in [0.2, 0.25) is 0 Å². The van der Waals surface area contributed by atoms with Crippen LogP contribution in [0.3, 0.4) is 0 Å². The van der Waals surface area contributed by atoms with Crippen molar-refractivity contribution in [2.75, 3.05) is 0 Å². The summed E-state index contributed by atoms with van der Waals surface area (Å²) in [6.45, 7) is 0. The van der Waals surface area contributed by atoms with Crippen LogP contribution >= 0.6 is 15.9 Å². The largest absolute Gasteiger partial charge is 0.507 e. The topological polar surface area (TPSA) is 49.3 Å². The Hall–Kier alpha value is -1.03. The molecule has 4 heteroatoms. The Morgan fingerprint density at radius 2 is 2.21 bits per heavy atom. The van der Waals surface area contributed by atoms with Crippen molar-refractivity contribution >= 4 is 21.8 Å². The number of phenols is 1. The number of hydrogen-bond donors (Lipinski definition) is 2. The van der Waals surface area contributed by atoms with Gasteiger partial charge in [0.15, 0.2) is 0 Å². The zero-order valence-electron chi connectivity index (χ0n) is 7.46. The molecule has 2 N–H and O–H groups in total. The fourth-order valence-electron chi connectivity index (χ4n) is 1.18. The third-order valence-electron chi connectivity index (χ3n) is 2.12. The van der Waals surface area contributed by atoms with Gasteiger partial charge in [-0.25, -0.2) is 0 Å². The summed E-state index contributed by atoms with van der Waals surface area (Å²) in [6, 6.07) is 5.13. The molecule has 1 aromatic carbocycles. The van der Waals surface area contributed by atoms with Gasteiger partial charge in [-0.2, -0.15) is 0 Å². The summed E-state index contributed by atoms with van der Waals surface area (Å²) in [5, 5.41) is 12.3. The van der Waals surface area contributed by atoms with Crippen LogP contribution in [0.15, 0.2) is 22.7 Å². The van der Waals surface area contributed by atoms with E-state index < -0.39 is 0 Å². The molecule has 0 aromatic heterocycles. The van der Waals surface area contributed by atoms with Crippen LogP contribution in [-0.2, 0) is 0 Å². The molecule has 0 bridgehead atoms. The van der Waals surface area contributed by atoms with Crippen LogP contribution in [0.5, 0.6) is 5.75 Å². The molecular weight excluding hydrogens is 246 g/mol. The first-order valence-corrected chi connectivity index (χ1v) is 5.25. The van der Waals surface area contributed by atoms with Gasteiger partial charge in [-0.05, 0) is 31.0 Å². The minimum atomic E-state index is -0.202. The quantitative estimate of drug-likeness (QED) is 0.850. The van der Waals surface area contributed by atoms with Crippen LogP contribution in [0.4, 0.5) is 0 Å². The third-order valence-corrected chi connectivity index (χ3v) is 2.61. The molecule has 1 amide bonds. The van der Waals surface area contributed by atoms with E-state index in [1.165, 1.54) is 6.07 Å². The first-order valence-electron chi connectivity index (χ1n) is 4.46. The Balaban J connectivity index is 2.20. The van der Waals surface area contributed by atoms with E-state index in [4.69, 9.17) is 0 Å². The zero-order valence-corrected chi connectivity index (χ0v) is 9.04. The number of carbonyl (C=O) groups is 1. The van der Waals surface area contributed by atoms with Gasteiger partial charge in [0.05, 0.1) is 5.56 Å².